The molecule has 0 bridgehead atoms. The second kappa shape index (κ2) is 22.7. The number of fused-ring (bicyclic) bond motifs is 2. The molecule has 2 aromatic rings. The van der Waals surface area contributed by atoms with Crippen LogP contribution in [0.5, 0.6) is 0 Å². The maximum absolute atomic E-state index is 14.5. The van der Waals surface area contributed by atoms with E-state index in [1.54, 1.807) is 33.3 Å². The predicted molar refractivity (Wildman–Crippen MR) is 238 cm³/mol. The lowest BCUT2D eigenvalue weighted by Gasteiger charge is -2.41. The quantitative estimate of drug-likeness (QED) is 0.169. The van der Waals surface area contributed by atoms with Crippen LogP contribution in [0.3, 0.4) is 0 Å². The molecular weight excluding hydrogens is 797 g/mol. The van der Waals surface area contributed by atoms with Gasteiger partial charge in [0.05, 0.1) is 10.7 Å². The number of benzene rings is 2. The van der Waals surface area contributed by atoms with Crippen LogP contribution < -0.4 is 21.3 Å². The van der Waals surface area contributed by atoms with Gasteiger partial charge in [-0.2, -0.15) is 0 Å². The molecule has 4 saturated heterocycles. The number of nitrogens with one attached hydrogen (secondary N) is 4. The zero-order valence-corrected chi connectivity index (χ0v) is 36.9. The molecule has 0 aliphatic carbocycles. The summed E-state index contributed by atoms with van der Waals surface area (Å²) >= 11 is 3.37. The van der Waals surface area contributed by atoms with Crippen molar-refractivity contribution in [1.82, 2.24) is 31.1 Å². The SMILES string of the molecule is CCCNC(=O)[C@@H]1CCC[C@@H]2SCC[C@H](NC(=O)C(CCC(Cc3ccccc3)C(=O)N[C@H]3CCS[C@H]4CCC[C@@H](C(=O)NCCC)N4C3=O)Cc3ccccc3)C(=O)N21. The molecule has 0 aromatic heterocycles. The molecule has 6 amide bonds. The first kappa shape index (κ1) is 45.5. The highest BCUT2D eigenvalue weighted by molar-refractivity contribution is 8.00. The molecule has 4 N–H and O–H groups in total. The summed E-state index contributed by atoms with van der Waals surface area (Å²) in [6, 6.07) is 16.9. The third-order valence-electron chi connectivity index (χ3n) is 12.3. The maximum atomic E-state index is 14.5. The zero-order chi connectivity index (χ0) is 42.4. The summed E-state index contributed by atoms with van der Waals surface area (Å²) in [5, 5.41) is 12.0. The van der Waals surface area contributed by atoms with Crippen LogP contribution in [-0.2, 0) is 41.6 Å². The summed E-state index contributed by atoms with van der Waals surface area (Å²) in [7, 11) is 0. The van der Waals surface area contributed by atoms with Crippen molar-refractivity contribution in [3.63, 3.8) is 0 Å². The molecule has 6 rings (SSSR count). The van der Waals surface area contributed by atoms with Crippen molar-refractivity contribution in [2.24, 2.45) is 11.8 Å². The summed E-state index contributed by atoms with van der Waals surface area (Å²) in [5.41, 5.74) is 1.95. The molecule has 60 heavy (non-hydrogen) atoms. The number of hydrogen-bond donors (Lipinski definition) is 4. The fourth-order valence-corrected chi connectivity index (χ4v) is 11.8. The molecule has 14 heteroatoms. The second-order valence-corrected chi connectivity index (χ2v) is 19.2. The molecule has 8 atom stereocenters. The molecule has 2 unspecified atom stereocenters. The van der Waals surface area contributed by atoms with Crippen LogP contribution in [0, 0.1) is 11.8 Å². The Morgan fingerprint density at radius 1 is 0.600 bits per heavy atom. The minimum atomic E-state index is -0.762. The van der Waals surface area contributed by atoms with E-state index in [9.17, 15) is 28.8 Å². The molecule has 2 aromatic carbocycles. The third-order valence-corrected chi connectivity index (χ3v) is 14.9. The number of thioether (sulfide) groups is 2. The minimum Gasteiger partial charge on any atom is -0.354 e. The number of nitrogens with zero attached hydrogens (tertiary/aromatic N) is 2. The van der Waals surface area contributed by atoms with E-state index in [0.717, 1.165) is 49.7 Å². The molecular formula is C46H64N6O6S2. The van der Waals surface area contributed by atoms with Crippen molar-refractivity contribution in [1.29, 1.82) is 0 Å². The average molecular weight is 861 g/mol. The Balaban J connectivity index is 1.19. The van der Waals surface area contributed by atoms with Crippen molar-refractivity contribution in [3.8, 4) is 0 Å². The normalized spacial score (nSPS) is 25.4. The van der Waals surface area contributed by atoms with Gasteiger partial charge >= 0.3 is 0 Å². The lowest BCUT2D eigenvalue weighted by molar-refractivity contribution is -0.146. The molecule has 0 saturated carbocycles. The Kier molecular flexibility index (Phi) is 17.2. The molecule has 4 heterocycles. The van der Waals surface area contributed by atoms with Crippen molar-refractivity contribution in [2.75, 3.05) is 24.6 Å². The molecule has 12 nitrogen and oxygen atoms in total. The third kappa shape index (κ3) is 11.9. The number of rotatable bonds is 17. The van der Waals surface area contributed by atoms with Crippen molar-refractivity contribution in [3.05, 3.63) is 71.8 Å². The lowest BCUT2D eigenvalue weighted by atomic mass is 9.86. The van der Waals surface area contributed by atoms with Crippen molar-refractivity contribution >= 4 is 59.0 Å². The Bertz CT molecular complexity index is 1640. The number of carbonyl (C=O) groups is 6. The van der Waals surface area contributed by atoms with Crippen LogP contribution in [0.25, 0.3) is 0 Å². The van der Waals surface area contributed by atoms with Crippen molar-refractivity contribution < 1.29 is 28.8 Å². The van der Waals surface area contributed by atoms with Gasteiger partial charge in [0.2, 0.25) is 35.4 Å². The summed E-state index contributed by atoms with van der Waals surface area (Å²) in [6.45, 7) is 5.09. The smallest absolute Gasteiger partial charge is 0.246 e. The Morgan fingerprint density at radius 2 is 1.00 bits per heavy atom. The number of carbonyl (C=O) groups excluding carboxylic acids is 6. The molecule has 326 valence electrons. The summed E-state index contributed by atoms with van der Waals surface area (Å²) < 4.78 is 0. The van der Waals surface area contributed by atoms with Gasteiger partial charge in [-0.1, -0.05) is 74.5 Å². The van der Waals surface area contributed by atoms with Gasteiger partial charge in [0.25, 0.3) is 0 Å². The highest BCUT2D eigenvalue weighted by Gasteiger charge is 2.45. The van der Waals surface area contributed by atoms with Crippen LogP contribution in [0.1, 0.15) is 102 Å². The fraction of sp³-hybridized carbons (Fsp3) is 0.609. The van der Waals surface area contributed by atoms with E-state index < -0.39 is 36.0 Å². The van der Waals surface area contributed by atoms with E-state index in [4.69, 9.17) is 0 Å². The summed E-state index contributed by atoms with van der Waals surface area (Å²) in [4.78, 5) is 87.5. The van der Waals surface area contributed by atoms with Gasteiger partial charge < -0.3 is 31.1 Å². The average Bonchev–Trinajstić information content (AvgIpc) is 3.53. The predicted octanol–water partition coefficient (Wildman–Crippen LogP) is 5.19. The van der Waals surface area contributed by atoms with Gasteiger partial charge in [0.1, 0.15) is 24.2 Å². The van der Waals surface area contributed by atoms with Gasteiger partial charge in [-0.15, -0.1) is 23.5 Å². The fourth-order valence-electron chi connectivity index (χ4n) is 9.04. The van der Waals surface area contributed by atoms with E-state index in [2.05, 4.69) is 21.3 Å². The first-order valence-corrected chi connectivity index (χ1v) is 24.4. The van der Waals surface area contributed by atoms with Gasteiger partial charge in [-0.05, 0) is 113 Å². The zero-order valence-electron chi connectivity index (χ0n) is 35.3. The van der Waals surface area contributed by atoms with E-state index in [1.165, 1.54) is 0 Å². The first-order valence-electron chi connectivity index (χ1n) is 22.3. The van der Waals surface area contributed by atoms with Gasteiger partial charge in [-0.25, -0.2) is 0 Å². The van der Waals surface area contributed by atoms with Crippen LogP contribution >= 0.6 is 23.5 Å². The van der Waals surface area contributed by atoms with Gasteiger partial charge in [0.15, 0.2) is 0 Å². The molecule has 0 spiro atoms. The van der Waals surface area contributed by atoms with E-state index in [0.29, 0.717) is 76.0 Å². The molecule has 0 radical (unpaired) electrons. The topological polar surface area (TPSA) is 157 Å². The van der Waals surface area contributed by atoms with Gasteiger partial charge in [0, 0.05) is 24.9 Å². The number of amides is 6. The number of hydrogen-bond acceptors (Lipinski definition) is 8. The first-order chi connectivity index (χ1) is 29.2. The second-order valence-electron chi connectivity index (χ2n) is 16.7. The van der Waals surface area contributed by atoms with Crippen molar-refractivity contribution in [2.45, 2.75) is 139 Å². The van der Waals surface area contributed by atoms with E-state index in [1.807, 2.05) is 74.5 Å². The molecule has 4 aliphatic rings. The standard InChI is InChI=1S/C46H64N6O6S2/c1-3-25-47-43(55)37-17-11-19-39-51(37)45(57)35(23-27-59-39)49-41(53)33(29-31-13-7-5-8-14-31)21-22-34(30-32-15-9-6-10-16-32)42(54)50-36-24-28-60-40-20-12-18-38(52(40)46(36)58)44(56)48-26-4-2/h5-10,13-16,33-40H,3-4,11-12,17-30H2,1-2H3,(H,47,55)(H,48,56)(H,49,53)(H,50,54)/t33?,34?,35-,36-,37-,38-,39-,40-/m0/s1. The van der Waals surface area contributed by atoms with Crippen LogP contribution in [0.2, 0.25) is 0 Å². The van der Waals surface area contributed by atoms with E-state index in [-0.39, 0.29) is 46.2 Å². The highest BCUT2D eigenvalue weighted by atomic mass is 32.2. The van der Waals surface area contributed by atoms with Crippen LogP contribution in [0.15, 0.2) is 60.7 Å². The Morgan fingerprint density at radius 3 is 1.38 bits per heavy atom. The number of piperidine rings is 2. The molecule has 4 fully saturated rings. The monoisotopic (exact) mass is 860 g/mol. The van der Waals surface area contributed by atoms with Crippen LogP contribution in [0.4, 0.5) is 0 Å². The maximum Gasteiger partial charge on any atom is 0.246 e. The minimum absolute atomic E-state index is 0.105. The summed E-state index contributed by atoms with van der Waals surface area (Å²) in [6.07, 6.45) is 8.68. The van der Waals surface area contributed by atoms with E-state index >= 15 is 0 Å². The largest absolute Gasteiger partial charge is 0.354 e. The highest BCUT2D eigenvalue weighted by Crippen LogP contribution is 2.36. The lowest BCUT2D eigenvalue weighted by Crippen LogP contribution is -2.59. The Hall–Kier alpha value is -4.04. The van der Waals surface area contributed by atoms with Crippen LogP contribution in [-0.4, -0.2) is 105 Å². The van der Waals surface area contributed by atoms with Gasteiger partial charge in [-0.3, -0.25) is 28.8 Å². The Labute approximate surface area is 364 Å². The summed E-state index contributed by atoms with van der Waals surface area (Å²) in [5.74, 6) is -0.899. The molecule has 4 aliphatic heterocycles.